The predicted molar refractivity (Wildman–Crippen MR) is 90.3 cm³/mol. The van der Waals surface area contributed by atoms with Crippen LogP contribution in [0.3, 0.4) is 0 Å². The zero-order valence-electron chi connectivity index (χ0n) is 12.4. The van der Waals surface area contributed by atoms with Gasteiger partial charge < -0.3 is 5.32 Å². The standard InChI is InChI=1S/C17H21ClN2S/c1-2-10-19-16(12-6-5-7-13(18)11-12)17-20-14-8-3-4-9-15(14)21-17/h5-7,11,16,19H,2-4,8-10H2,1H3. The molecule has 1 aliphatic carbocycles. The fraction of sp³-hybridized carbons (Fsp3) is 0.471. The number of aryl methyl sites for hydroxylation is 2. The van der Waals surface area contributed by atoms with Gasteiger partial charge in [-0.05, 0) is 56.3 Å². The van der Waals surface area contributed by atoms with E-state index in [0.717, 1.165) is 24.4 Å². The zero-order chi connectivity index (χ0) is 14.7. The van der Waals surface area contributed by atoms with Crippen LogP contribution in [0.15, 0.2) is 24.3 Å². The Morgan fingerprint density at radius 2 is 2.19 bits per heavy atom. The molecule has 1 atom stereocenters. The SMILES string of the molecule is CCCNC(c1cccc(Cl)c1)c1nc2c(s1)CCCC2. The van der Waals surface area contributed by atoms with Crippen LogP contribution in [0, 0.1) is 0 Å². The second kappa shape index (κ2) is 6.91. The Morgan fingerprint density at radius 1 is 1.33 bits per heavy atom. The van der Waals surface area contributed by atoms with Gasteiger partial charge in [0.25, 0.3) is 0 Å². The van der Waals surface area contributed by atoms with Gasteiger partial charge in [-0.2, -0.15) is 0 Å². The number of nitrogens with one attached hydrogen (secondary N) is 1. The third-order valence-corrected chi connectivity index (χ3v) is 5.35. The van der Waals surface area contributed by atoms with Crippen molar-refractivity contribution in [1.29, 1.82) is 0 Å². The first-order chi connectivity index (χ1) is 10.3. The maximum Gasteiger partial charge on any atom is 0.115 e. The molecule has 2 aromatic rings. The number of halogens is 1. The van der Waals surface area contributed by atoms with E-state index in [-0.39, 0.29) is 6.04 Å². The van der Waals surface area contributed by atoms with Crippen molar-refractivity contribution in [2.24, 2.45) is 0 Å². The highest BCUT2D eigenvalue weighted by atomic mass is 35.5. The molecule has 0 amide bonds. The highest BCUT2D eigenvalue weighted by molar-refractivity contribution is 7.11. The lowest BCUT2D eigenvalue weighted by Crippen LogP contribution is -2.23. The number of hydrogen-bond donors (Lipinski definition) is 1. The number of rotatable bonds is 5. The van der Waals surface area contributed by atoms with Gasteiger partial charge in [0.15, 0.2) is 0 Å². The molecule has 0 saturated carbocycles. The Kier molecular flexibility index (Phi) is 4.94. The molecule has 0 spiro atoms. The summed E-state index contributed by atoms with van der Waals surface area (Å²) >= 11 is 8.04. The van der Waals surface area contributed by atoms with Gasteiger partial charge in [-0.25, -0.2) is 4.98 Å². The summed E-state index contributed by atoms with van der Waals surface area (Å²) in [7, 11) is 0. The van der Waals surface area contributed by atoms with Crippen molar-refractivity contribution in [2.75, 3.05) is 6.54 Å². The van der Waals surface area contributed by atoms with E-state index >= 15 is 0 Å². The minimum Gasteiger partial charge on any atom is -0.304 e. The smallest absolute Gasteiger partial charge is 0.115 e. The van der Waals surface area contributed by atoms with Crippen molar-refractivity contribution in [3.8, 4) is 0 Å². The number of hydrogen-bond acceptors (Lipinski definition) is 3. The highest BCUT2D eigenvalue weighted by Gasteiger charge is 2.22. The summed E-state index contributed by atoms with van der Waals surface area (Å²) in [5, 5.41) is 5.61. The summed E-state index contributed by atoms with van der Waals surface area (Å²) in [5.41, 5.74) is 2.54. The Morgan fingerprint density at radius 3 is 2.95 bits per heavy atom. The summed E-state index contributed by atoms with van der Waals surface area (Å²) in [5.74, 6) is 0. The van der Waals surface area contributed by atoms with Crippen LogP contribution in [0.4, 0.5) is 0 Å². The van der Waals surface area contributed by atoms with Crippen LogP contribution in [-0.4, -0.2) is 11.5 Å². The van der Waals surface area contributed by atoms with E-state index < -0.39 is 0 Å². The summed E-state index contributed by atoms with van der Waals surface area (Å²) in [6.45, 7) is 3.18. The second-order valence-corrected chi connectivity index (χ2v) is 7.12. The molecule has 3 rings (SSSR count). The van der Waals surface area contributed by atoms with E-state index in [2.05, 4.69) is 24.4 Å². The first-order valence-electron chi connectivity index (χ1n) is 7.75. The summed E-state index contributed by atoms with van der Waals surface area (Å²) in [6.07, 6.45) is 6.03. The molecule has 1 aromatic carbocycles. The number of nitrogens with zero attached hydrogens (tertiary/aromatic N) is 1. The molecule has 1 aliphatic rings. The molecule has 1 N–H and O–H groups in total. The average Bonchev–Trinajstić information content (AvgIpc) is 2.91. The van der Waals surface area contributed by atoms with Gasteiger partial charge in [-0.1, -0.05) is 30.7 Å². The van der Waals surface area contributed by atoms with Crippen LogP contribution in [0.25, 0.3) is 0 Å². The van der Waals surface area contributed by atoms with Crippen molar-refractivity contribution >= 4 is 22.9 Å². The van der Waals surface area contributed by atoms with E-state index in [4.69, 9.17) is 16.6 Å². The Hall–Kier alpha value is -0.900. The monoisotopic (exact) mass is 320 g/mol. The van der Waals surface area contributed by atoms with Crippen LogP contribution in [0.2, 0.25) is 5.02 Å². The van der Waals surface area contributed by atoms with Gasteiger partial charge in [0.05, 0.1) is 11.7 Å². The Bertz CT molecular complexity index is 585. The van der Waals surface area contributed by atoms with E-state index in [0.29, 0.717) is 0 Å². The molecular weight excluding hydrogens is 300 g/mol. The zero-order valence-corrected chi connectivity index (χ0v) is 13.9. The summed E-state index contributed by atoms with van der Waals surface area (Å²) < 4.78 is 0. The van der Waals surface area contributed by atoms with Crippen molar-refractivity contribution in [3.63, 3.8) is 0 Å². The van der Waals surface area contributed by atoms with E-state index in [9.17, 15) is 0 Å². The third kappa shape index (κ3) is 3.47. The molecule has 1 aromatic heterocycles. The van der Waals surface area contributed by atoms with Crippen LogP contribution >= 0.6 is 22.9 Å². The quantitative estimate of drug-likeness (QED) is 0.858. The lowest BCUT2D eigenvalue weighted by molar-refractivity contribution is 0.592. The van der Waals surface area contributed by atoms with Crippen molar-refractivity contribution < 1.29 is 0 Å². The van der Waals surface area contributed by atoms with E-state index in [1.165, 1.54) is 40.4 Å². The molecule has 112 valence electrons. The molecule has 0 saturated heterocycles. The second-order valence-electron chi connectivity index (χ2n) is 5.57. The molecule has 21 heavy (non-hydrogen) atoms. The van der Waals surface area contributed by atoms with Crippen molar-refractivity contribution in [2.45, 2.75) is 45.1 Å². The topological polar surface area (TPSA) is 24.9 Å². The van der Waals surface area contributed by atoms with Crippen molar-refractivity contribution in [3.05, 3.63) is 50.4 Å². The summed E-state index contributed by atoms with van der Waals surface area (Å²) in [6, 6.07) is 8.30. The highest BCUT2D eigenvalue weighted by Crippen LogP contribution is 2.33. The normalized spacial score (nSPS) is 15.7. The molecule has 1 heterocycles. The molecule has 1 unspecified atom stereocenters. The van der Waals surface area contributed by atoms with E-state index in [1.54, 1.807) is 0 Å². The minimum absolute atomic E-state index is 0.166. The molecule has 0 radical (unpaired) electrons. The molecule has 2 nitrogen and oxygen atoms in total. The predicted octanol–water partition coefficient (Wildman–Crippen LogP) is 4.76. The van der Waals surface area contributed by atoms with Gasteiger partial charge >= 0.3 is 0 Å². The van der Waals surface area contributed by atoms with Crippen LogP contribution < -0.4 is 5.32 Å². The van der Waals surface area contributed by atoms with Crippen LogP contribution in [0.5, 0.6) is 0 Å². The molecule has 0 bridgehead atoms. The van der Waals surface area contributed by atoms with Crippen molar-refractivity contribution in [1.82, 2.24) is 10.3 Å². The third-order valence-electron chi connectivity index (χ3n) is 3.89. The van der Waals surface area contributed by atoms with Crippen LogP contribution in [-0.2, 0) is 12.8 Å². The number of benzene rings is 1. The molecule has 0 fully saturated rings. The number of aromatic nitrogens is 1. The lowest BCUT2D eigenvalue weighted by Gasteiger charge is -2.17. The Labute approximate surface area is 135 Å². The minimum atomic E-state index is 0.166. The maximum absolute atomic E-state index is 6.17. The lowest BCUT2D eigenvalue weighted by atomic mass is 10.0. The van der Waals surface area contributed by atoms with Crippen LogP contribution in [0.1, 0.15) is 53.4 Å². The average molecular weight is 321 g/mol. The molecular formula is C17H21ClN2S. The first kappa shape index (κ1) is 15.0. The van der Waals surface area contributed by atoms with Gasteiger partial charge in [0.1, 0.15) is 5.01 Å². The number of thiazole rings is 1. The fourth-order valence-electron chi connectivity index (χ4n) is 2.82. The van der Waals surface area contributed by atoms with E-state index in [1.807, 2.05) is 23.5 Å². The largest absolute Gasteiger partial charge is 0.304 e. The fourth-order valence-corrected chi connectivity index (χ4v) is 4.27. The van der Waals surface area contributed by atoms with Gasteiger partial charge in [0, 0.05) is 9.90 Å². The Balaban J connectivity index is 1.93. The molecule has 0 aliphatic heterocycles. The first-order valence-corrected chi connectivity index (χ1v) is 8.94. The number of fused-ring (bicyclic) bond motifs is 1. The molecule has 4 heteroatoms. The van der Waals surface area contributed by atoms with Gasteiger partial charge in [-0.3, -0.25) is 0 Å². The van der Waals surface area contributed by atoms with Gasteiger partial charge in [-0.15, -0.1) is 11.3 Å². The maximum atomic E-state index is 6.17. The summed E-state index contributed by atoms with van der Waals surface area (Å²) in [4.78, 5) is 6.41. The van der Waals surface area contributed by atoms with Gasteiger partial charge in [0.2, 0.25) is 0 Å².